The quantitative estimate of drug-likeness (QED) is 0.464. The number of aromatic nitrogens is 2. The smallest absolute Gasteiger partial charge is 0.271 e. The molecule has 0 fully saturated rings. The van der Waals surface area contributed by atoms with Crippen LogP contribution in [0.25, 0.3) is 10.9 Å². The van der Waals surface area contributed by atoms with Gasteiger partial charge in [-0.2, -0.15) is 0 Å². The number of anilines is 1. The molecule has 1 heterocycles. The number of hydrogen-bond acceptors (Lipinski definition) is 7. The predicted molar refractivity (Wildman–Crippen MR) is 99.1 cm³/mol. The maximum Gasteiger partial charge on any atom is 0.271 e. The van der Waals surface area contributed by atoms with Crippen LogP contribution < -0.4 is 16.0 Å². The maximum absolute atomic E-state index is 12.4. The number of carbonyl (C=O) groups excluding carboxylic acids is 1. The molecule has 28 heavy (non-hydrogen) atoms. The zero-order valence-corrected chi connectivity index (χ0v) is 14.9. The molecular weight excluding hydrogens is 390 g/mol. The van der Waals surface area contributed by atoms with Crippen molar-refractivity contribution in [2.75, 3.05) is 5.32 Å². The van der Waals surface area contributed by atoms with E-state index in [2.05, 4.69) is 10.3 Å². The third-order valence-corrected chi connectivity index (χ3v) is 4.73. The number of nitro groups is 1. The number of nitro benzene ring substituents is 1. The summed E-state index contributed by atoms with van der Waals surface area (Å²) in [7, 11) is -3.84. The van der Waals surface area contributed by atoms with Crippen molar-refractivity contribution in [2.45, 2.75) is 11.4 Å². The van der Waals surface area contributed by atoms with Crippen LogP contribution in [-0.4, -0.2) is 28.8 Å². The van der Waals surface area contributed by atoms with Crippen molar-refractivity contribution in [2.24, 2.45) is 5.14 Å². The molecule has 12 heteroatoms. The number of nitrogens with zero attached hydrogens (tertiary/aromatic N) is 3. The first-order valence-electron chi connectivity index (χ1n) is 7.71. The van der Waals surface area contributed by atoms with Crippen LogP contribution in [0.1, 0.15) is 0 Å². The standard InChI is InChI=1S/C16H13N5O6S/c17-28(26,27)12-4-1-10(2-5-12)19-15(22)8-20-9-18-14-7-11(21(24)25)3-6-13(14)16(20)23/h1-7,9H,8H2,(H,19,22)(H2,17,26,27). The van der Waals surface area contributed by atoms with Crippen molar-refractivity contribution in [3.8, 4) is 0 Å². The number of nitrogens with two attached hydrogens (primary N) is 1. The van der Waals surface area contributed by atoms with Crippen molar-refractivity contribution in [1.29, 1.82) is 0 Å². The highest BCUT2D eigenvalue weighted by Gasteiger charge is 2.13. The van der Waals surface area contributed by atoms with Crippen LogP contribution in [0.2, 0.25) is 0 Å². The minimum atomic E-state index is -3.84. The normalized spacial score (nSPS) is 11.3. The molecule has 0 radical (unpaired) electrons. The minimum Gasteiger partial charge on any atom is -0.325 e. The monoisotopic (exact) mass is 403 g/mol. The third-order valence-electron chi connectivity index (χ3n) is 3.80. The van der Waals surface area contributed by atoms with Crippen LogP contribution in [-0.2, 0) is 21.4 Å². The predicted octanol–water partition coefficient (Wildman–Crippen LogP) is 0.591. The molecule has 144 valence electrons. The fraction of sp³-hybridized carbons (Fsp3) is 0.0625. The first-order chi connectivity index (χ1) is 13.1. The van der Waals surface area contributed by atoms with Crippen LogP contribution in [0.5, 0.6) is 0 Å². The van der Waals surface area contributed by atoms with Crippen molar-refractivity contribution in [3.05, 3.63) is 69.3 Å². The number of rotatable bonds is 5. The Bertz CT molecular complexity index is 1250. The highest BCUT2D eigenvalue weighted by molar-refractivity contribution is 7.89. The number of carbonyl (C=O) groups is 1. The molecule has 11 nitrogen and oxygen atoms in total. The topological polar surface area (TPSA) is 167 Å². The molecule has 3 rings (SSSR count). The molecular formula is C16H13N5O6S. The van der Waals surface area contributed by atoms with Gasteiger partial charge in [0.2, 0.25) is 15.9 Å². The van der Waals surface area contributed by atoms with E-state index in [0.717, 1.165) is 10.9 Å². The summed E-state index contributed by atoms with van der Waals surface area (Å²) < 4.78 is 23.5. The molecule has 0 aliphatic carbocycles. The summed E-state index contributed by atoms with van der Waals surface area (Å²) in [5.74, 6) is -0.548. The number of sulfonamides is 1. The molecule has 1 amide bonds. The molecule has 1 aromatic heterocycles. The van der Waals surface area contributed by atoms with Gasteiger partial charge < -0.3 is 5.32 Å². The number of nitrogens with one attached hydrogen (secondary N) is 1. The Balaban J connectivity index is 1.79. The summed E-state index contributed by atoms with van der Waals surface area (Å²) in [6.07, 6.45) is 1.12. The SMILES string of the molecule is NS(=O)(=O)c1ccc(NC(=O)Cn2cnc3cc([N+](=O)[O-])ccc3c2=O)cc1. The van der Waals surface area contributed by atoms with Crippen LogP contribution in [0.15, 0.2) is 58.5 Å². The summed E-state index contributed by atoms with van der Waals surface area (Å²) in [5.41, 5.74) is -0.262. The largest absolute Gasteiger partial charge is 0.325 e. The summed E-state index contributed by atoms with van der Waals surface area (Å²) in [5, 5.41) is 18.4. The van der Waals surface area contributed by atoms with Gasteiger partial charge in [0.15, 0.2) is 0 Å². The molecule has 0 atom stereocenters. The molecule has 0 saturated carbocycles. The van der Waals surface area contributed by atoms with Gasteiger partial charge >= 0.3 is 0 Å². The molecule has 0 unspecified atom stereocenters. The molecule has 0 aliphatic heterocycles. The van der Waals surface area contributed by atoms with E-state index in [0.29, 0.717) is 5.69 Å². The van der Waals surface area contributed by atoms with E-state index in [1.807, 2.05) is 0 Å². The molecule has 0 bridgehead atoms. The Kier molecular flexibility index (Phi) is 4.90. The summed E-state index contributed by atoms with van der Waals surface area (Å²) >= 11 is 0. The van der Waals surface area contributed by atoms with E-state index in [1.165, 1.54) is 42.5 Å². The Labute approximate surface area is 157 Å². The highest BCUT2D eigenvalue weighted by Crippen LogP contribution is 2.16. The molecule has 0 saturated heterocycles. The lowest BCUT2D eigenvalue weighted by atomic mass is 10.2. The lowest BCUT2D eigenvalue weighted by molar-refractivity contribution is -0.384. The van der Waals surface area contributed by atoms with E-state index in [-0.39, 0.29) is 28.0 Å². The number of non-ortho nitro benzene ring substituents is 1. The Morgan fingerprint density at radius 3 is 2.50 bits per heavy atom. The van der Waals surface area contributed by atoms with Gasteiger partial charge in [-0.25, -0.2) is 18.5 Å². The first kappa shape index (κ1) is 19.1. The lowest BCUT2D eigenvalue weighted by Crippen LogP contribution is -2.28. The zero-order valence-electron chi connectivity index (χ0n) is 14.1. The second-order valence-electron chi connectivity index (χ2n) is 5.75. The third kappa shape index (κ3) is 4.02. The van der Waals surface area contributed by atoms with Gasteiger partial charge in [0.25, 0.3) is 11.2 Å². The molecule has 0 spiro atoms. The molecule has 2 aromatic carbocycles. The van der Waals surface area contributed by atoms with E-state index >= 15 is 0 Å². The zero-order chi connectivity index (χ0) is 20.5. The average Bonchev–Trinajstić information content (AvgIpc) is 2.63. The van der Waals surface area contributed by atoms with Crippen LogP contribution >= 0.6 is 0 Å². The van der Waals surface area contributed by atoms with E-state index in [1.54, 1.807) is 0 Å². The Hall–Kier alpha value is -3.64. The van der Waals surface area contributed by atoms with Crippen LogP contribution in [0.3, 0.4) is 0 Å². The fourth-order valence-electron chi connectivity index (χ4n) is 2.46. The molecule has 3 N–H and O–H groups in total. The van der Waals surface area contributed by atoms with Gasteiger partial charge in [0.1, 0.15) is 6.54 Å². The second-order valence-corrected chi connectivity index (χ2v) is 7.32. The highest BCUT2D eigenvalue weighted by atomic mass is 32.2. The number of primary sulfonamides is 1. The Morgan fingerprint density at radius 1 is 1.21 bits per heavy atom. The van der Waals surface area contributed by atoms with Gasteiger partial charge in [-0.05, 0) is 30.3 Å². The Morgan fingerprint density at radius 2 is 1.89 bits per heavy atom. The van der Waals surface area contributed by atoms with Crippen molar-refractivity contribution >= 4 is 38.2 Å². The number of amides is 1. The lowest BCUT2D eigenvalue weighted by Gasteiger charge is -2.08. The molecule has 3 aromatic rings. The van der Waals surface area contributed by atoms with Gasteiger partial charge in [0.05, 0.1) is 27.0 Å². The van der Waals surface area contributed by atoms with Crippen molar-refractivity contribution in [1.82, 2.24) is 9.55 Å². The van der Waals surface area contributed by atoms with Crippen molar-refractivity contribution < 1.29 is 18.1 Å². The summed E-state index contributed by atoms with van der Waals surface area (Å²) in [6, 6.07) is 8.83. The molecule has 0 aliphatic rings. The second kappa shape index (κ2) is 7.17. The first-order valence-corrected chi connectivity index (χ1v) is 9.26. The van der Waals surface area contributed by atoms with Crippen LogP contribution in [0.4, 0.5) is 11.4 Å². The average molecular weight is 403 g/mol. The van der Waals surface area contributed by atoms with Gasteiger partial charge in [-0.3, -0.25) is 24.3 Å². The number of benzene rings is 2. The van der Waals surface area contributed by atoms with Gasteiger partial charge in [-0.15, -0.1) is 0 Å². The van der Waals surface area contributed by atoms with Crippen molar-refractivity contribution in [3.63, 3.8) is 0 Å². The van der Waals surface area contributed by atoms with E-state index < -0.39 is 26.4 Å². The van der Waals surface area contributed by atoms with Crippen LogP contribution in [0, 0.1) is 10.1 Å². The number of hydrogen-bond donors (Lipinski definition) is 2. The fourth-order valence-corrected chi connectivity index (χ4v) is 2.97. The van der Waals surface area contributed by atoms with E-state index in [4.69, 9.17) is 5.14 Å². The number of fused-ring (bicyclic) bond motifs is 1. The minimum absolute atomic E-state index is 0.102. The van der Waals surface area contributed by atoms with Gasteiger partial charge in [0, 0.05) is 17.8 Å². The van der Waals surface area contributed by atoms with Gasteiger partial charge in [-0.1, -0.05) is 0 Å². The summed E-state index contributed by atoms with van der Waals surface area (Å²) in [4.78, 5) is 38.7. The van der Waals surface area contributed by atoms with E-state index in [9.17, 15) is 28.1 Å². The summed E-state index contributed by atoms with van der Waals surface area (Å²) in [6.45, 7) is -0.351. The maximum atomic E-state index is 12.4.